The maximum absolute atomic E-state index is 12.5. The number of carbonyl (C=O) groups is 3. The smallest absolute Gasteiger partial charge is 0.326 e. The Hall–Kier alpha value is -3.15. The highest BCUT2D eigenvalue weighted by Gasteiger charge is 2.32. The first-order valence-corrected chi connectivity index (χ1v) is 8.21. The van der Waals surface area contributed by atoms with Crippen molar-refractivity contribution >= 4 is 17.8 Å². The second-order valence-corrected chi connectivity index (χ2v) is 6.09. The fourth-order valence-electron chi connectivity index (χ4n) is 2.91. The van der Waals surface area contributed by atoms with Gasteiger partial charge in [0, 0.05) is 11.1 Å². The molecule has 6 heteroatoms. The molecule has 0 aliphatic carbocycles. The van der Waals surface area contributed by atoms with Crippen LogP contribution in [0.25, 0.3) is 0 Å². The van der Waals surface area contributed by atoms with Gasteiger partial charge in [-0.05, 0) is 30.7 Å². The number of ether oxygens (including phenoxy) is 2. The standard InChI is InChI=1S/C20H19NO5/c1-13-7-8-17(25-2)15(9-13)12-26-19(23)11-21-18(22)10-14-5-3-4-6-16(14)20(21)24/h3-9H,10-12H2,1-2H3. The minimum Gasteiger partial charge on any atom is -0.496 e. The molecule has 26 heavy (non-hydrogen) atoms. The third-order valence-electron chi connectivity index (χ3n) is 4.25. The number of hydrogen-bond acceptors (Lipinski definition) is 5. The summed E-state index contributed by atoms with van der Waals surface area (Å²) in [6.07, 6.45) is 0.0981. The summed E-state index contributed by atoms with van der Waals surface area (Å²) in [6.45, 7) is 1.53. The molecule has 0 N–H and O–H groups in total. The molecule has 2 amide bonds. The highest BCUT2D eigenvalue weighted by Crippen LogP contribution is 2.22. The third kappa shape index (κ3) is 3.59. The van der Waals surface area contributed by atoms with Crippen LogP contribution in [-0.2, 0) is 27.4 Å². The molecule has 3 rings (SSSR count). The number of imide groups is 1. The summed E-state index contributed by atoms with van der Waals surface area (Å²) >= 11 is 0. The number of aryl methyl sites for hydroxylation is 1. The number of methoxy groups -OCH3 is 1. The zero-order chi connectivity index (χ0) is 18.7. The van der Waals surface area contributed by atoms with Gasteiger partial charge < -0.3 is 9.47 Å². The monoisotopic (exact) mass is 353 g/mol. The van der Waals surface area contributed by atoms with E-state index in [1.165, 1.54) is 0 Å². The first-order valence-electron chi connectivity index (χ1n) is 8.21. The molecule has 0 fully saturated rings. The van der Waals surface area contributed by atoms with E-state index in [0.717, 1.165) is 16.0 Å². The Morgan fingerprint density at radius 3 is 2.69 bits per heavy atom. The highest BCUT2D eigenvalue weighted by atomic mass is 16.5. The predicted molar refractivity (Wildman–Crippen MR) is 93.7 cm³/mol. The SMILES string of the molecule is COc1ccc(C)cc1COC(=O)CN1C(=O)Cc2ccccc2C1=O. The lowest BCUT2D eigenvalue weighted by atomic mass is 9.98. The van der Waals surface area contributed by atoms with Crippen molar-refractivity contribution in [1.82, 2.24) is 4.90 Å². The number of carbonyl (C=O) groups excluding carboxylic acids is 3. The average Bonchev–Trinajstić information content (AvgIpc) is 2.63. The predicted octanol–water partition coefficient (Wildman–Crippen LogP) is 2.27. The molecule has 0 atom stereocenters. The Morgan fingerprint density at radius 1 is 1.15 bits per heavy atom. The van der Waals surface area contributed by atoms with Crippen molar-refractivity contribution < 1.29 is 23.9 Å². The van der Waals surface area contributed by atoms with Gasteiger partial charge in [0.2, 0.25) is 5.91 Å². The molecule has 2 aromatic rings. The van der Waals surface area contributed by atoms with Crippen LogP contribution in [0.5, 0.6) is 5.75 Å². The van der Waals surface area contributed by atoms with Gasteiger partial charge in [-0.15, -0.1) is 0 Å². The number of rotatable bonds is 5. The number of esters is 1. The van der Waals surface area contributed by atoms with E-state index >= 15 is 0 Å². The van der Waals surface area contributed by atoms with Crippen molar-refractivity contribution in [3.63, 3.8) is 0 Å². The van der Waals surface area contributed by atoms with E-state index in [1.807, 2.05) is 19.1 Å². The summed E-state index contributed by atoms with van der Waals surface area (Å²) in [7, 11) is 1.54. The van der Waals surface area contributed by atoms with Gasteiger partial charge in [-0.1, -0.05) is 29.8 Å². The number of hydrogen-bond donors (Lipinski definition) is 0. The van der Waals surface area contributed by atoms with Crippen LogP contribution in [0.15, 0.2) is 42.5 Å². The Bertz CT molecular complexity index is 874. The topological polar surface area (TPSA) is 72.9 Å². The first kappa shape index (κ1) is 17.7. The summed E-state index contributed by atoms with van der Waals surface area (Å²) < 4.78 is 10.5. The molecule has 0 aromatic heterocycles. The number of fused-ring (bicyclic) bond motifs is 1. The lowest BCUT2D eigenvalue weighted by Gasteiger charge is -2.25. The van der Waals surface area contributed by atoms with Crippen LogP contribution in [0.2, 0.25) is 0 Å². The molecule has 6 nitrogen and oxygen atoms in total. The maximum atomic E-state index is 12.5. The molecule has 0 saturated carbocycles. The minimum absolute atomic E-state index is 0.0104. The van der Waals surface area contributed by atoms with Gasteiger partial charge in [0.15, 0.2) is 0 Å². The zero-order valence-corrected chi connectivity index (χ0v) is 14.7. The van der Waals surface area contributed by atoms with E-state index in [2.05, 4.69) is 0 Å². The van der Waals surface area contributed by atoms with E-state index < -0.39 is 24.3 Å². The van der Waals surface area contributed by atoms with Crippen molar-refractivity contribution in [3.8, 4) is 5.75 Å². The fraction of sp³-hybridized carbons (Fsp3) is 0.250. The summed E-state index contributed by atoms with van der Waals surface area (Å²) in [6, 6.07) is 12.5. The van der Waals surface area contributed by atoms with Crippen molar-refractivity contribution in [2.75, 3.05) is 13.7 Å². The summed E-state index contributed by atoms with van der Waals surface area (Å²) in [5.41, 5.74) is 2.86. The average molecular weight is 353 g/mol. The van der Waals surface area contributed by atoms with E-state index in [4.69, 9.17) is 9.47 Å². The number of nitrogens with zero attached hydrogens (tertiary/aromatic N) is 1. The van der Waals surface area contributed by atoms with Crippen LogP contribution >= 0.6 is 0 Å². The van der Waals surface area contributed by atoms with E-state index in [9.17, 15) is 14.4 Å². The van der Waals surface area contributed by atoms with Crippen LogP contribution in [0.3, 0.4) is 0 Å². The van der Waals surface area contributed by atoms with Gasteiger partial charge in [-0.2, -0.15) is 0 Å². The molecule has 1 aliphatic rings. The zero-order valence-electron chi connectivity index (χ0n) is 14.7. The van der Waals surface area contributed by atoms with E-state index in [-0.39, 0.29) is 13.0 Å². The molecule has 1 aliphatic heterocycles. The van der Waals surface area contributed by atoms with Crippen molar-refractivity contribution in [3.05, 3.63) is 64.7 Å². The summed E-state index contributed by atoms with van der Waals surface area (Å²) in [5, 5.41) is 0. The quantitative estimate of drug-likeness (QED) is 0.609. The van der Waals surface area contributed by atoms with Crippen molar-refractivity contribution in [2.45, 2.75) is 20.0 Å². The molecule has 0 bridgehead atoms. The van der Waals surface area contributed by atoms with Crippen LogP contribution in [0.1, 0.15) is 27.0 Å². The first-order chi connectivity index (χ1) is 12.5. The molecule has 0 radical (unpaired) electrons. The van der Waals surface area contributed by atoms with Gasteiger partial charge in [-0.25, -0.2) is 0 Å². The Labute approximate surface area is 151 Å². The molecule has 1 heterocycles. The lowest BCUT2D eigenvalue weighted by Crippen LogP contribution is -2.45. The second kappa shape index (κ2) is 7.39. The third-order valence-corrected chi connectivity index (χ3v) is 4.25. The number of benzene rings is 2. The molecule has 2 aromatic carbocycles. The van der Waals surface area contributed by atoms with Crippen LogP contribution in [-0.4, -0.2) is 36.3 Å². The van der Waals surface area contributed by atoms with Gasteiger partial charge in [0.1, 0.15) is 18.9 Å². The Kier molecular flexibility index (Phi) is 5.02. The number of amides is 2. The van der Waals surface area contributed by atoms with E-state index in [1.54, 1.807) is 37.4 Å². The maximum Gasteiger partial charge on any atom is 0.326 e. The second-order valence-electron chi connectivity index (χ2n) is 6.09. The van der Waals surface area contributed by atoms with E-state index in [0.29, 0.717) is 16.9 Å². The van der Waals surface area contributed by atoms with Crippen LogP contribution in [0.4, 0.5) is 0 Å². The largest absolute Gasteiger partial charge is 0.496 e. The summed E-state index contributed by atoms with van der Waals surface area (Å²) in [4.78, 5) is 37.8. The normalized spacial score (nSPS) is 13.4. The van der Waals surface area contributed by atoms with Crippen molar-refractivity contribution in [1.29, 1.82) is 0 Å². The van der Waals surface area contributed by atoms with Gasteiger partial charge in [0.05, 0.1) is 13.5 Å². The molecule has 0 unspecified atom stereocenters. The minimum atomic E-state index is -0.644. The Balaban J connectivity index is 1.66. The van der Waals surface area contributed by atoms with Gasteiger partial charge in [-0.3, -0.25) is 19.3 Å². The van der Waals surface area contributed by atoms with Crippen LogP contribution < -0.4 is 4.74 Å². The van der Waals surface area contributed by atoms with Crippen molar-refractivity contribution in [2.24, 2.45) is 0 Å². The van der Waals surface area contributed by atoms with Gasteiger partial charge in [0.25, 0.3) is 5.91 Å². The molecular weight excluding hydrogens is 334 g/mol. The highest BCUT2D eigenvalue weighted by molar-refractivity contribution is 6.11. The van der Waals surface area contributed by atoms with Crippen LogP contribution in [0, 0.1) is 6.92 Å². The molecule has 0 saturated heterocycles. The fourth-order valence-corrected chi connectivity index (χ4v) is 2.91. The molecule has 0 spiro atoms. The molecule has 134 valence electrons. The summed E-state index contributed by atoms with van der Waals surface area (Å²) in [5.74, 6) is -0.905. The lowest BCUT2D eigenvalue weighted by molar-refractivity contribution is -0.149. The Morgan fingerprint density at radius 2 is 1.92 bits per heavy atom. The van der Waals surface area contributed by atoms with Gasteiger partial charge >= 0.3 is 5.97 Å². The molecular formula is C20H19NO5.